The molecule has 0 aromatic heterocycles. The molecule has 0 bridgehead atoms. The zero-order valence-corrected chi connectivity index (χ0v) is 17.1. The number of rotatable bonds is 7. The molecule has 0 atom stereocenters. The second-order valence-corrected chi connectivity index (χ2v) is 8.97. The van der Waals surface area contributed by atoms with Gasteiger partial charge in [-0.25, -0.2) is 8.42 Å². The second-order valence-electron chi connectivity index (χ2n) is 7.03. The van der Waals surface area contributed by atoms with Gasteiger partial charge < -0.3 is 9.64 Å². The van der Waals surface area contributed by atoms with Crippen LogP contribution in [0.4, 0.5) is 0 Å². The van der Waals surface area contributed by atoms with E-state index in [0.29, 0.717) is 31.8 Å². The first-order chi connectivity index (χ1) is 13.4. The van der Waals surface area contributed by atoms with Gasteiger partial charge in [0.2, 0.25) is 10.0 Å². The van der Waals surface area contributed by atoms with Gasteiger partial charge in [0.25, 0.3) is 5.91 Å². The van der Waals surface area contributed by atoms with Crippen LogP contribution in [0, 0.1) is 6.92 Å². The van der Waals surface area contributed by atoms with E-state index in [4.69, 9.17) is 4.74 Å². The summed E-state index contributed by atoms with van der Waals surface area (Å²) in [7, 11) is -1.86. The van der Waals surface area contributed by atoms with Crippen LogP contribution in [-0.4, -0.2) is 56.8 Å². The highest BCUT2D eigenvalue weighted by molar-refractivity contribution is 7.89. The van der Waals surface area contributed by atoms with E-state index in [1.807, 2.05) is 31.2 Å². The summed E-state index contributed by atoms with van der Waals surface area (Å²) in [6, 6.07) is 14.0. The maximum atomic E-state index is 12.7. The van der Waals surface area contributed by atoms with E-state index >= 15 is 0 Å². The van der Waals surface area contributed by atoms with Gasteiger partial charge in [-0.05, 0) is 55.7 Å². The molecule has 3 rings (SSSR count). The van der Waals surface area contributed by atoms with Crippen molar-refractivity contribution in [3.63, 3.8) is 0 Å². The molecule has 1 saturated heterocycles. The molecule has 1 aliphatic rings. The lowest BCUT2D eigenvalue weighted by molar-refractivity contribution is 0.0773. The maximum Gasteiger partial charge on any atom is 0.253 e. The number of aryl methyl sites for hydroxylation is 1. The predicted molar refractivity (Wildman–Crippen MR) is 108 cm³/mol. The van der Waals surface area contributed by atoms with Crippen molar-refractivity contribution in [3.8, 4) is 5.75 Å². The van der Waals surface area contributed by atoms with Gasteiger partial charge >= 0.3 is 0 Å². The van der Waals surface area contributed by atoms with E-state index < -0.39 is 10.0 Å². The summed E-state index contributed by atoms with van der Waals surface area (Å²) in [4.78, 5) is 14.4. The first-order valence-electron chi connectivity index (χ1n) is 9.43. The highest BCUT2D eigenvalue weighted by Gasteiger charge is 2.27. The maximum absolute atomic E-state index is 12.7. The predicted octanol–water partition coefficient (Wildman–Crippen LogP) is 2.93. The van der Waals surface area contributed by atoms with Crippen LogP contribution in [0.3, 0.4) is 0 Å². The molecular weight excluding hydrogens is 376 g/mol. The molecule has 2 aromatic rings. The molecule has 1 heterocycles. The smallest absolute Gasteiger partial charge is 0.253 e. The SMILES string of the molecule is Cc1cccc(OCCN(C)C(=O)c2cccc(S(=O)(=O)N3CCCC3)c2)c1. The third-order valence-corrected chi connectivity index (χ3v) is 6.71. The molecule has 28 heavy (non-hydrogen) atoms. The highest BCUT2D eigenvalue weighted by atomic mass is 32.2. The lowest BCUT2D eigenvalue weighted by Crippen LogP contribution is -2.31. The van der Waals surface area contributed by atoms with Gasteiger partial charge in [-0.1, -0.05) is 18.2 Å². The Kier molecular flexibility index (Phi) is 6.36. The minimum absolute atomic E-state index is 0.171. The molecule has 150 valence electrons. The standard InChI is InChI=1S/C21H26N2O4S/c1-17-7-5-9-19(15-17)27-14-13-22(2)21(24)18-8-6-10-20(16-18)28(25,26)23-11-3-4-12-23/h5-10,15-16H,3-4,11-14H2,1-2H3. The average Bonchev–Trinajstić information content (AvgIpc) is 3.23. The van der Waals surface area contributed by atoms with Crippen molar-refractivity contribution >= 4 is 15.9 Å². The van der Waals surface area contributed by atoms with Gasteiger partial charge in [0.05, 0.1) is 11.4 Å². The molecule has 0 spiro atoms. The molecule has 0 N–H and O–H groups in total. The molecular formula is C21H26N2O4S. The van der Waals surface area contributed by atoms with Crippen molar-refractivity contribution in [2.24, 2.45) is 0 Å². The van der Waals surface area contributed by atoms with Crippen LogP contribution in [0.25, 0.3) is 0 Å². The zero-order chi connectivity index (χ0) is 20.1. The minimum Gasteiger partial charge on any atom is -0.492 e. The first-order valence-corrected chi connectivity index (χ1v) is 10.9. The molecule has 0 aliphatic carbocycles. The fourth-order valence-corrected chi connectivity index (χ4v) is 4.76. The van der Waals surface area contributed by atoms with Gasteiger partial charge in [0, 0.05) is 25.7 Å². The number of carbonyl (C=O) groups is 1. The number of hydrogen-bond donors (Lipinski definition) is 0. The number of hydrogen-bond acceptors (Lipinski definition) is 4. The molecule has 1 amide bonds. The molecule has 1 aliphatic heterocycles. The summed E-state index contributed by atoms with van der Waals surface area (Å²) in [6.07, 6.45) is 1.75. The van der Waals surface area contributed by atoms with Crippen LogP contribution >= 0.6 is 0 Å². The monoisotopic (exact) mass is 402 g/mol. The Morgan fingerprint density at radius 3 is 2.54 bits per heavy atom. The molecule has 0 unspecified atom stereocenters. The van der Waals surface area contributed by atoms with Crippen molar-refractivity contribution < 1.29 is 17.9 Å². The number of benzene rings is 2. The fraction of sp³-hybridized carbons (Fsp3) is 0.381. The summed E-state index contributed by atoms with van der Waals surface area (Å²) >= 11 is 0. The summed E-state index contributed by atoms with van der Waals surface area (Å²) in [5.74, 6) is 0.533. The van der Waals surface area contributed by atoms with E-state index in [1.165, 1.54) is 15.3 Å². The molecule has 0 saturated carbocycles. The van der Waals surface area contributed by atoms with Crippen LogP contribution < -0.4 is 4.74 Å². The Hall–Kier alpha value is -2.38. The van der Waals surface area contributed by atoms with Crippen LogP contribution in [0.2, 0.25) is 0 Å². The third-order valence-electron chi connectivity index (χ3n) is 4.82. The van der Waals surface area contributed by atoms with Gasteiger partial charge in [0.1, 0.15) is 12.4 Å². The van der Waals surface area contributed by atoms with Crippen molar-refractivity contribution in [1.82, 2.24) is 9.21 Å². The number of nitrogens with zero attached hydrogens (tertiary/aromatic N) is 2. The third kappa shape index (κ3) is 4.72. The quantitative estimate of drug-likeness (QED) is 0.714. The van der Waals surface area contributed by atoms with E-state index in [9.17, 15) is 13.2 Å². The lowest BCUT2D eigenvalue weighted by Gasteiger charge is -2.19. The van der Waals surface area contributed by atoms with Crippen LogP contribution in [0.1, 0.15) is 28.8 Å². The summed E-state index contributed by atoms with van der Waals surface area (Å²) in [5.41, 5.74) is 1.47. The summed E-state index contributed by atoms with van der Waals surface area (Å²) in [5, 5.41) is 0. The Labute approximate surface area is 166 Å². The molecule has 1 fully saturated rings. The molecule has 0 radical (unpaired) electrons. The molecule has 2 aromatic carbocycles. The van der Waals surface area contributed by atoms with Gasteiger partial charge in [-0.2, -0.15) is 4.31 Å². The van der Waals surface area contributed by atoms with Crippen molar-refractivity contribution in [1.29, 1.82) is 0 Å². The summed E-state index contributed by atoms with van der Waals surface area (Å²) in [6.45, 7) is 3.83. The van der Waals surface area contributed by atoms with E-state index in [0.717, 1.165) is 24.2 Å². The highest BCUT2D eigenvalue weighted by Crippen LogP contribution is 2.22. The van der Waals surface area contributed by atoms with Crippen molar-refractivity contribution in [2.75, 3.05) is 33.3 Å². The Morgan fingerprint density at radius 2 is 1.82 bits per heavy atom. The number of carbonyl (C=O) groups excluding carboxylic acids is 1. The van der Waals surface area contributed by atoms with E-state index in [2.05, 4.69) is 0 Å². The minimum atomic E-state index is -3.54. The van der Waals surface area contributed by atoms with Crippen molar-refractivity contribution in [3.05, 3.63) is 59.7 Å². The average molecular weight is 403 g/mol. The number of amides is 1. The normalized spacial score (nSPS) is 14.8. The Bertz CT molecular complexity index is 937. The lowest BCUT2D eigenvalue weighted by atomic mass is 10.2. The Morgan fingerprint density at radius 1 is 1.11 bits per heavy atom. The van der Waals surface area contributed by atoms with Crippen LogP contribution in [0.5, 0.6) is 5.75 Å². The van der Waals surface area contributed by atoms with Gasteiger partial charge in [-0.15, -0.1) is 0 Å². The molecule has 6 nitrogen and oxygen atoms in total. The largest absolute Gasteiger partial charge is 0.492 e. The van der Waals surface area contributed by atoms with Crippen LogP contribution in [-0.2, 0) is 10.0 Å². The molecule has 7 heteroatoms. The zero-order valence-electron chi connectivity index (χ0n) is 16.3. The first kappa shape index (κ1) is 20.4. The number of ether oxygens (including phenoxy) is 1. The van der Waals surface area contributed by atoms with Crippen LogP contribution in [0.15, 0.2) is 53.4 Å². The van der Waals surface area contributed by atoms with Gasteiger partial charge in [0.15, 0.2) is 0 Å². The van der Waals surface area contributed by atoms with Crippen molar-refractivity contribution in [2.45, 2.75) is 24.7 Å². The summed E-state index contributed by atoms with van der Waals surface area (Å²) < 4.78 is 32.6. The fourth-order valence-electron chi connectivity index (χ4n) is 3.19. The van der Waals surface area contributed by atoms with E-state index in [1.54, 1.807) is 25.2 Å². The second kappa shape index (κ2) is 8.75. The Balaban J connectivity index is 1.63. The number of likely N-dealkylation sites (N-methyl/N-ethyl adjacent to an activating group) is 1. The van der Waals surface area contributed by atoms with E-state index in [-0.39, 0.29) is 10.8 Å². The number of sulfonamides is 1. The topological polar surface area (TPSA) is 66.9 Å². The van der Waals surface area contributed by atoms with Gasteiger partial charge in [-0.3, -0.25) is 4.79 Å².